The zero-order valence-electron chi connectivity index (χ0n) is 9.50. The van der Waals surface area contributed by atoms with Crippen molar-refractivity contribution < 1.29 is 14.6 Å². The molecule has 0 bridgehead atoms. The lowest BCUT2D eigenvalue weighted by molar-refractivity contribution is -0.401. The number of aliphatic hydroxyl groups is 1. The second kappa shape index (κ2) is 4.94. The van der Waals surface area contributed by atoms with Gasteiger partial charge in [0.05, 0.1) is 12.2 Å². The molecular weight excluding hydrogens is 168 g/mol. The van der Waals surface area contributed by atoms with Crippen LogP contribution < -0.4 is 0 Å². The van der Waals surface area contributed by atoms with Crippen LogP contribution in [0, 0.1) is 5.92 Å². The summed E-state index contributed by atoms with van der Waals surface area (Å²) in [6, 6.07) is 0. The highest BCUT2D eigenvalue weighted by Crippen LogP contribution is 2.23. The van der Waals surface area contributed by atoms with Gasteiger partial charge in [-0.2, -0.15) is 0 Å². The maximum absolute atomic E-state index is 9.98. The van der Waals surface area contributed by atoms with Gasteiger partial charge in [0.25, 0.3) is 5.97 Å². The van der Waals surface area contributed by atoms with E-state index >= 15 is 0 Å². The van der Waals surface area contributed by atoms with Gasteiger partial charge in [-0.25, -0.2) is 0 Å². The van der Waals surface area contributed by atoms with Crippen LogP contribution in [-0.4, -0.2) is 23.3 Å². The Hall–Kier alpha value is -0.120. The van der Waals surface area contributed by atoms with Crippen molar-refractivity contribution in [3.05, 3.63) is 0 Å². The van der Waals surface area contributed by atoms with E-state index in [4.69, 9.17) is 9.47 Å². The van der Waals surface area contributed by atoms with E-state index in [0.29, 0.717) is 0 Å². The third-order valence-electron chi connectivity index (χ3n) is 1.54. The Kier molecular flexibility index (Phi) is 4.89. The van der Waals surface area contributed by atoms with Gasteiger partial charge in [-0.1, -0.05) is 13.8 Å². The number of hydrogen-bond donors (Lipinski definition) is 1. The van der Waals surface area contributed by atoms with E-state index in [-0.39, 0.29) is 18.1 Å². The largest absolute Gasteiger partial charge is 0.343 e. The van der Waals surface area contributed by atoms with Crippen LogP contribution in [0.4, 0.5) is 0 Å². The van der Waals surface area contributed by atoms with E-state index in [1.807, 2.05) is 41.5 Å². The Labute approximate surface area is 81.0 Å². The fourth-order valence-corrected chi connectivity index (χ4v) is 0.975. The van der Waals surface area contributed by atoms with Gasteiger partial charge in [0.1, 0.15) is 0 Å². The zero-order chi connectivity index (χ0) is 10.6. The first-order valence-electron chi connectivity index (χ1n) is 4.86. The lowest BCUT2D eigenvalue weighted by Gasteiger charge is -2.34. The predicted molar refractivity (Wildman–Crippen MR) is 52.2 cm³/mol. The molecule has 3 heteroatoms. The van der Waals surface area contributed by atoms with E-state index in [0.717, 1.165) is 0 Å². The van der Waals surface area contributed by atoms with Crippen molar-refractivity contribution in [1.82, 2.24) is 0 Å². The highest BCUT2D eigenvalue weighted by Gasteiger charge is 2.35. The number of hydrogen-bond acceptors (Lipinski definition) is 3. The maximum Gasteiger partial charge on any atom is 0.283 e. The van der Waals surface area contributed by atoms with Crippen molar-refractivity contribution in [1.29, 1.82) is 0 Å². The van der Waals surface area contributed by atoms with Crippen molar-refractivity contribution in [2.45, 2.75) is 59.7 Å². The summed E-state index contributed by atoms with van der Waals surface area (Å²) in [5, 5.41) is 9.98. The molecule has 0 aliphatic heterocycles. The van der Waals surface area contributed by atoms with Gasteiger partial charge >= 0.3 is 0 Å². The number of rotatable bonds is 5. The third-order valence-corrected chi connectivity index (χ3v) is 1.54. The molecule has 13 heavy (non-hydrogen) atoms. The summed E-state index contributed by atoms with van der Waals surface area (Å²) < 4.78 is 10.7. The summed E-state index contributed by atoms with van der Waals surface area (Å²) in [5.41, 5.74) is 0. The van der Waals surface area contributed by atoms with Crippen LogP contribution in [0.25, 0.3) is 0 Å². The Bertz CT molecular complexity index is 131. The van der Waals surface area contributed by atoms with Crippen LogP contribution in [0.3, 0.4) is 0 Å². The van der Waals surface area contributed by atoms with Gasteiger partial charge in [-0.05, 0) is 27.7 Å². The smallest absolute Gasteiger partial charge is 0.283 e. The third kappa shape index (κ3) is 4.60. The predicted octanol–water partition coefficient (Wildman–Crippen LogP) is 2.14. The minimum absolute atomic E-state index is 0.0499. The van der Waals surface area contributed by atoms with E-state index in [1.165, 1.54) is 0 Å². The van der Waals surface area contributed by atoms with Crippen molar-refractivity contribution in [2.24, 2.45) is 5.92 Å². The Balaban J connectivity index is 4.34. The van der Waals surface area contributed by atoms with Gasteiger partial charge in [-0.3, -0.25) is 0 Å². The average Bonchev–Trinajstić information content (AvgIpc) is 1.82. The molecule has 0 rings (SSSR count). The first-order valence-corrected chi connectivity index (χ1v) is 4.86. The maximum atomic E-state index is 9.98. The molecule has 0 heterocycles. The molecule has 0 aliphatic carbocycles. The molecule has 0 atom stereocenters. The zero-order valence-corrected chi connectivity index (χ0v) is 9.50. The minimum Gasteiger partial charge on any atom is -0.343 e. The van der Waals surface area contributed by atoms with E-state index < -0.39 is 5.97 Å². The number of ether oxygens (including phenoxy) is 2. The minimum atomic E-state index is -1.46. The Morgan fingerprint density at radius 2 is 1.15 bits per heavy atom. The van der Waals surface area contributed by atoms with Gasteiger partial charge < -0.3 is 14.6 Å². The van der Waals surface area contributed by atoms with Gasteiger partial charge in [0, 0.05) is 5.92 Å². The molecule has 0 aliphatic rings. The molecule has 80 valence electrons. The SMILES string of the molecule is CC(C)OC(O)(OC(C)C)C(C)C. The summed E-state index contributed by atoms with van der Waals surface area (Å²) in [6.45, 7) is 11.2. The van der Waals surface area contributed by atoms with Gasteiger partial charge in [0.15, 0.2) is 0 Å². The highest BCUT2D eigenvalue weighted by atomic mass is 16.8. The Morgan fingerprint density at radius 1 is 0.846 bits per heavy atom. The molecule has 0 radical (unpaired) electrons. The van der Waals surface area contributed by atoms with Crippen LogP contribution in [0.15, 0.2) is 0 Å². The monoisotopic (exact) mass is 190 g/mol. The molecule has 0 aromatic rings. The van der Waals surface area contributed by atoms with Crippen molar-refractivity contribution in [3.8, 4) is 0 Å². The first-order chi connectivity index (χ1) is 5.78. The fourth-order valence-electron chi connectivity index (χ4n) is 0.975. The average molecular weight is 190 g/mol. The lowest BCUT2D eigenvalue weighted by Crippen LogP contribution is -2.44. The fraction of sp³-hybridized carbons (Fsp3) is 1.00. The molecule has 1 N–H and O–H groups in total. The molecule has 0 unspecified atom stereocenters. The summed E-state index contributed by atoms with van der Waals surface area (Å²) in [7, 11) is 0. The first kappa shape index (κ1) is 12.9. The summed E-state index contributed by atoms with van der Waals surface area (Å²) in [6.07, 6.45) is -0.0997. The molecule has 0 amide bonds. The molecule has 0 fully saturated rings. The van der Waals surface area contributed by atoms with Crippen LogP contribution in [-0.2, 0) is 9.47 Å². The molecular formula is C10H22O3. The molecule has 0 spiro atoms. The molecule has 0 aromatic heterocycles. The summed E-state index contributed by atoms with van der Waals surface area (Å²) >= 11 is 0. The topological polar surface area (TPSA) is 38.7 Å². The Morgan fingerprint density at radius 3 is 1.31 bits per heavy atom. The van der Waals surface area contributed by atoms with Crippen LogP contribution >= 0.6 is 0 Å². The highest BCUT2D eigenvalue weighted by molar-refractivity contribution is 4.62. The normalized spacial score (nSPS) is 13.4. The lowest BCUT2D eigenvalue weighted by atomic mass is 10.1. The van der Waals surface area contributed by atoms with E-state index in [9.17, 15) is 5.11 Å². The van der Waals surface area contributed by atoms with Gasteiger partial charge in [-0.15, -0.1) is 0 Å². The van der Waals surface area contributed by atoms with Crippen molar-refractivity contribution in [2.75, 3.05) is 0 Å². The van der Waals surface area contributed by atoms with Crippen LogP contribution in [0.5, 0.6) is 0 Å². The second-order valence-electron chi connectivity index (χ2n) is 4.12. The van der Waals surface area contributed by atoms with Crippen LogP contribution in [0.2, 0.25) is 0 Å². The van der Waals surface area contributed by atoms with Gasteiger partial charge in [0.2, 0.25) is 0 Å². The molecule has 0 saturated carbocycles. The van der Waals surface area contributed by atoms with Crippen molar-refractivity contribution in [3.63, 3.8) is 0 Å². The summed E-state index contributed by atoms with van der Waals surface area (Å²) in [4.78, 5) is 0. The van der Waals surface area contributed by atoms with Crippen molar-refractivity contribution >= 4 is 0 Å². The molecule has 0 saturated heterocycles. The second-order valence-corrected chi connectivity index (χ2v) is 4.12. The molecule has 3 nitrogen and oxygen atoms in total. The summed E-state index contributed by atoms with van der Waals surface area (Å²) in [5.74, 6) is -1.54. The molecule has 0 aromatic carbocycles. The van der Waals surface area contributed by atoms with E-state index in [2.05, 4.69) is 0 Å². The van der Waals surface area contributed by atoms with E-state index in [1.54, 1.807) is 0 Å². The quantitative estimate of drug-likeness (QED) is 0.675. The van der Waals surface area contributed by atoms with Crippen LogP contribution in [0.1, 0.15) is 41.5 Å². The standard InChI is InChI=1S/C10H22O3/c1-7(2)10(11,12-8(3)4)13-9(5)6/h7-9,11H,1-6H3.